The molecule has 2 fully saturated rings. The lowest BCUT2D eigenvalue weighted by atomic mass is 9.90. The van der Waals surface area contributed by atoms with E-state index in [4.69, 9.17) is 5.73 Å². The summed E-state index contributed by atoms with van der Waals surface area (Å²) in [6.45, 7) is 0.440. The van der Waals surface area contributed by atoms with Crippen molar-refractivity contribution in [3.63, 3.8) is 0 Å². The highest BCUT2D eigenvalue weighted by molar-refractivity contribution is 5.90. The van der Waals surface area contributed by atoms with Gasteiger partial charge in [0.2, 0.25) is 5.91 Å². The second-order valence-electron chi connectivity index (χ2n) is 5.99. The van der Waals surface area contributed by atoms with Gasteiger partial charge in [0.05, 0.1) is 0 Å². The lowest BCUT2D eigenvalue weighted by Crippen LogP contribution is -2.59. The molecule has 0 radical (unpaired) electrons. The van der Waals surface area contributed by atoms with Crippen LogP contribution in [0.2, 0.25) is 0 Å². The van der Waals surface area contributed by atoms with Crippen LogP contribution >= 0.6 is 0 Å². The Morgan fingerprint density at radius 2 is 1.71 bits per heavy atom. The van der Waals surface area contributed by atoms with Crippen molar-refractivity contribution in [2.45, 2.75) is 62.9 Å². The standard InChI is InChI=1S/C14H23N3O4/c15-11(18)10-6-5-9-17(10)13(21)16-14(12(19)20)7-3-1-2-4-8-14/h10H,1-9H2,(H2,15,18)(H,16,21)(H,19,20). The monoisotopic (exact) mass is 297 g/mol. The summed E-state index contributed by atoms with van der Waals surface area (Å²) in [6, 6.07) is -1.11. The lowest BCUT2D eigenvalue weighted by Gasteiger charge is -2.32. The Hall–Kier alpha value is -1.79. The Bertz CT molecular complexity index is 430. The van der Waals surface area contributed by atoms with E-state index in [9.17, 15) is 19.5 Å². The molecule has 0 spiro atoms. The van der Waals surface area contributed by atoms with E-state index in [1.807, 2.05) is 0 Å². The number of aliphatic carboxylic acids is 1. The smallest absolute Gasteiger partial charge is 0.329 e. The van der Waals surface area contributed by atoms with Gasteiger partial charge in [0.1, 0.15) is 11.6 Å². The molecule has 118 valence electrons. The van der Waals surface area contributed by atoms with Crippen LogP contribution in [0.25, 0.3) is 0 Å². The number of primary amides is 1. The molecule has 2 aliphatic rings. The first-order chi connectivity index (χ1) is 9.96. The van der Waals surface area contributed by atoms with E-state index >= 15 is 0 Å². The van der Waals surface area contributed by atoms with Gasteiger partial charge in [-0.25, -0.2) is 9.59 Å². The third kappa shape index (κ3) is 3.28. The molecule has 0 aromatic heterocycles. The van der Waals surface area contributed by atoms with Crippen molar-refractivity contribution >= 4 is 17.9 Å². The summed E-state index contributed by atoms with van der Waals surface area (Å²) >= 11 is 0. The van der Waals surface area contributed by atoms with Crippen LogP contribution in [0.5, 0.6) is 0 Å². The number of rotatable bonds is 3. The number of carbonyl (C=O) groups is 3. The second-order valence-corrected chi connectivity index (χ2v) is 5.99. The van der Waals surface area contributed by atoms with E-state index in [-0.39, 0.29) is 0 Å². The largest absolute Gasteiger partial charge is 0.480 e. The molecule has 4 N–H and O–H groups in total. The lowest BCUT2D eigenvalue weighted by molar-refractivity contribution is -0.145. The number of nitrogens with one attached hydrogen (secondary N) is 1. The molecule has 1 heterocycles. The molecule has 3 amide bonds. The van der Waals surface area contributed by atoms with Crippen LogP contribution in [0.3, 0.4) is 0 Å². The molecule has 0 bridgehead atoms. The van der Waals surface area contributed by atoms with Crippen LogP contribution in [-0.2, 0) is 9.59 Å². The Kier molecular flexibility index (Phi) is 4.69. The number of carboxylic acids is 1. The first-order valence-corrected chi connectivity index (χ1v) is 7.58. The van der Waals surface area contributed by atoms with Crippen LogP contribution in [0.15, 0.2) is 0 Å². The Morgan fingerprint density at radius 3 is 2.24 bits per heavy atom. The zero-order chi connectivity index (χ0) is 15.5. The summed E-state index contributed by atoms with van der Waals surface area (Å²) < 4.78 is 0. The quantitative estimate of drug-likeness (QED) is 0.669. The predicted molar refractivity (Wildman–Crippen MR) is 75.5 cm³/mol. The number of carbonyl (C=O) groups excluding carboxylic acids is 2. The molecule has 0 aromatic carbocycles. The number of nitrogens with zero attached hydrogens (tertiary/aromatic N) is 1. The minimum absolute atomic E-state index is 0.434. The SMILES string of the molecule is NC(=O)C1CCCN1C(=O)NC1(C(=O)O)CCCCCC1. The van der Waals surface area contributed by atoms with Crippen LogP contribution in [-0.4, -0.2) is 46.0 Å². The molecule has 1 saturated carbocycles. The van der Waals surface area contributed by atoms with Crippen molar-refractivity contribution in [1.82, 2.24) is 10.2 Å². The summed E-state index contributed by atoms with van der Waals surface area (Å²) in [5, 5.41) is 12.2. The highest BCUT2D eigenvalue weighted by Crippen LogP contribution is 2.28. The van der Waals surface area contributed by atoms with Crippen molar-refractivity contribution in [3.8, 4) is 0 Å². The maximum absolute atomic E-state index is 12.4. The fraction of sp³-hybridized carbons (Fsp3) is 0.786. The van der Waals surface area contributed by atoms with Gasteiger partial charge in [-0.2, -0.15) is 0 Å². The average Bonchev–Trinajstić information content (AvgIpc) is 2.80. The van der Waals surface area contributed by atoms with E-state index in [0.717, 1.165) is 25.7 Å². The van der Waals surface area contributed by atoms with Crippen molar-refractivity contribution in [2.24, 2.45) is 5.73 Å². The molecule has 7 heteroatoms. The highest BCUT2D eigenvalue weighted by Gasteiger charge is 2.43. The predicted octanol–water partition coefficient (Wildman–Crippen LogP) is 0.823. The van der Waals surface area contributed by atoms with Crippen molar-refractivity contribution in [1.29, 1.82) is 0 Å². The Labute approximate surface area is 123 Å². The molecular weight excluding hydrogens is 274 g/mol. The fourth-order valence-electron chi connectivity index (χ4n) is 3.31. The summed E-state index contributed by atoms with van der Waals surface area (Å²) in [4.78, 5) is 36.8. The molecule has 1 aliphatic heterocycles. The van der Waals surface area contributed by atoms with Gasteiger partial charge in [-0.15, -0.1) is 0 Å². The van der Waals surface area contributed by atoms with Crippen LogP contribution in [0.4, 0.5) is 4.79 Å². The van der Waals surface area contributed by atoms with Gasteiger partial charge in [-0.3, -0.25) is 4.79 Å². The highest BCUT2D eigenvalue weighted by atomic mass is 16.4. The van der Waals surface area contributed by atoms with E-state index < -0.39 is 29.5 Å². The average molecular weight is 297 g/mol. The summed E-state index contributed by atoms with van der Waals surface area (Å²) in [5.74, 6) is -1.53. The van der Waals surface area contributed by atoms with Gasteiger partial charge in [-0.05, 0) is 25.7 Å². The maximum Gasteiger partial charge on any atom is 0.329 e. The Morgan fingerprint density at radius 1 is 1.10 bits per heavy atom. The first kappa shape index (κ1) is 15.6. The molecule has 21 heavy (non-hydrogen) atoms. The fourth-order valence-corrected chi connectivity index (χ4v) is 3.31. The van der Waals surface area contributed by atoms with E-state index in [2.05, 4.69) is 5.32 Å². The number of urea groups is 1. The number of likely N-dealkylation sites (tertiary alicyclic amines) is 1. The number of nitrogens with two attached hydrogens (primary N) is 1. The van der Waals surface area contributed by atoms with Gasteiger partial charge < -0.3 is 21.1 Å². The van der Waals surface area contributed by atoms with Gasteiger partial charge in [-0.1, -0.05) is 25.7 Å². The van der Waals surface area contributed by atoms with E-state index in [1.54, 1.807) is 0 Å². The van der Waals surface area contributed by atoms with Crippen molar-refractivity contribution in [3.05, 3.63) is 0 Å². The number of hydrogen-bond acceptors (Lipinski definition) is 3. The van der Waals surface area contributed by atoms with Gasteiger partial charge >= 0.3 is 12.0 Å². The minimum Gasteiger partial charge on any atom is -0.480 e. The van der Waals surface area contributed by atoms with E-state index in [1.165, 1.54) is 4.90 Å². The molecule has 0 aromatic rings. The summed E-state index contributed by atoms with van der Waals surface area (Å²) in [6.07, 6.45) is 5.66. The molecule has 1 aliphatic carbocycles. The van der Waals surface area contributed by atoms with Crippen molar-refractivity contribution < 1.29 is 19.5 Å². The molecule has 2 rings (SSSR count). The summed E-state index contributed by atoms with van der Waals surface area (Å²) in [7, 11) is 0. The summed E-state index contributed by atoms with van der Waals surface area (Å²) in [5.41, 5.74) is 4.09. The third-order valence-corrected chi connectivity index (χ3v) is 4.55. The van der Waals surface area contributed by atoms with Gasteiger partial charge in [0.25, 0.3) is 0 Å². The zero-order valence-corrected chi connectivity index (χ0v) is 12.1. The number of hydrogen-bond donors (Lipinski definition) is 3. The van der Waals surface area contributed by atoms with Crippen molar-refractivity contribution in [2.75, 3.05) is 6.54 Å². The molecular formula is C14H23N3O4. The number of amides is 3. The minimum atomic E-state index is -1.21. The van der Waals surface area contributed by atoms with E-state index in [0.29, 0.717) is 32.2 Å². The van der Waals surface area contributed by atoms with Gasteiger partial charge in [0, 0.05) is 6.54 Å². The van der Waals surface area contributed by atoms with Crippen LogP contribution in [0, 0.1) is 0 Å². The molecule has 1 unspecified atom stereocenters. The second kappa shape index (κ2) is 6.32. The van der Waals surface area contributed by atoms with Crippen LogP contribution < -0.4 is 11.1 Å². The molecule has 7 nitrogen and oxygen atoms in total. The normalized spacial score (nSPS) is 25.1. The topological polar surface area (TPSA) is 113 Å². The Balaban J connectivity index is 2.11. The zero-order valence-electron chi connectivity index (χ0n) is 12.1. The number of carboxylic acid groups (broad SMARTS) is 1. The first-order valence-electron chi connectivity index (χ1n) is 7.58. The maximum atomic E-state index is 12.4. The third-order valence-electron chi connectivity index (χ3n) is 4.55. The molecule has 1 saturated heterocycles. The molecule has 1 atom stereocenters. The van der Waals surface area contributed by atoms with Gasteiger partial charge in [0.15, 0.2) is 0 Å². The van der Waals surface area contributed by atoms with Crippen LogP contribution in [0.1, 0.15) is 51.4 Å².